The Morgan fingerprint density at radius 2 is 1.56 bits per heavy atom. The highest BCUT2D eigenvalue weighted by Gasteiger charge is 2.21. The smallest absolute Gasteiger partial charge is 0.253 e. The molecule has 0 fully saturated rings. The first kappa shape index (κ1) is 21.7. The van der Waals surface area contributed by atoms with Gasteiger partial charge in [-0.1, -0.05) is 84.4 Å². The normalized spacial score (nSPS) is 11.5. The van der Waals surface area contributed by atoms with Gasteiger partial charge < -0.3 is 10.6 Å². The van der Waals surface area contributed by atoms with Crippen molar-refractivity contribution in [1.82, 2.24) is 10.3 Å². The van der Waals surface area contributed by atoms with E-state index < -0.39 is 6.04 Å². The second-order valence-electron chi connectivity index (χ2n) is 7.06. The van der Waals surface area contributed by atoms with Crippen LogP contribution in [0.3, 0.4) is 0 Å². The van der Waals surface area contributed by atoms with Crippen molar-refractivity contribution >= 4 is 39.8 Å². The minimum absolute atomic E-state index is 0.0618. The first-order valence-corrected chi connectivity index (χ1v) is 11.3. The molecule has 1 atom stereocenters. The molecular formula is C25H20ClN3O2S. The van der Waals surface area contributed by atoms with Crippen LogP contribution in [0.5, 0.6) is 0 Å². The van der Waals surface area contributed by atoms with Crippen LogP contribution in [-0.2, 0) is 4.79 Å². The maximum absolute atomic E-state index is 13.0. The summed E-state index contributed by atoms with van der Waals surface area (Å²) in [5, 5.41) is 6.94. The summed E-state index contributed by atoms with van der Waals surface area (Å²) in [6.45, 7) is 0. The fourth-order valence-electron chi connectivity index (χ4n) is 3.32. The molecule has 0 radical (unpaired) electrons. The van der Waals surface area contributed by atoms with Gasteiger partial charge in [0.25, 0.3) is 5.91 Å². The molecule has 4 aromatic rings. The first-order valence-electron chi connectivity index (χ1n) is 10.0. The van der Waals surface area contributed by atoms with Crippen molar-refractivity contribution in [2.75, 3.05) is 5.32 Å². The predicted octanol–water partition coefficient (Wildman–Crippen LogP) is 5.96. The Morgan fingerprint density at radius 1 is 0.906 bits per heavy atom. The van der Waals surface area contributed by atoms with Gasteiger partial charge in [-0.3, -0.25) is 9.59 Å². The van der Waals surface area contributed by atoms with Crippen LogP contribution in [0.15, 0.2) is 90.4 Å². The molecule has 0 saturated carbocycles. The molecule has 0 unspecified atom stereocenters. The van der Waals surface area contributed by atoms with Crippen molar-refractivity contribution in [3.63, 3.8) is 0 Å². The molecule has 1 aromatic heterocycles. The number of hydrogen-bond acceptors (Lipinski definition) is 4. The molecule has 0 saturated heterocycles. The van der Waals surface area contributed by atoms with Gasteiger partial charge in [0.2, 0.25) is 5.91 Å². The molecule has 4 rings (SSSR count). The maximum Gasteiger partial charge on any atom is 0.253 e. The Balaban J connectivity index is 1.52. The van der Waals surface area contributed by atoms with E-state index in [1.165, 1.54) is 11.3 Å². The second-order valence-corrected chi connectivity index (χ2v) is 8.33. The molecule has 0 aliphatic rings. The van der Waals surface area contributed by atoms with E-state index in [2.05, 4.69) is 15.6 Å². The minimum atomic E-state index is -0.520. The summed E-state index contributed by atoms with van der Waals surface area (Å²) in [6, 6.07) is 25.4. The molecule has 5 nitrogen and oxygen atoms in total. The van der Waals surface area contributed by atoms with Crippen LogP contribution < -0.4 is 10.6 Å². The van der Waals surface area contributed by atoms with Gasteiger partial charge in [-0.25, -0.2) is 4.98 Å². The van der Waals surface area contributed by atoms with Gasteiger partial charge in [0.15, 0.2) is 0 Å². The average Bonchev–Trinajstić information content (AvgIpc) is 3.28. The van der Waals surface area contributed by atoms with Gasteiger partial charge >= 0.3 is 0 Å². The van der Waals surface area contributed by atoms with Crippen LogP contribution in [-0.4, -0.2) is 16.8 Å². The quantitative estimate of drug-likeness (QED) is 0.356. The molecule has 2 N–H and O–H groups in total. The van der Waals surface area contributed by atoms with Crippen LogP contribution in [0.1, 0.15) is 28.4 Å². The van der Waals surface area contributed by atoms with Gasteiger partial charge in [-0.05, 0) is 17.7 Å². The molecule has 2 amide bonds. The second kappa shape index (κ2) is 10.2. The number of nitrogens with one attached hydrogen (secondary N) is 2. The third-order valence-corrected chi connectivity index (χ3v) is 5.95. The van der Waals surface area contributed by atoms with Gasteiger partial charge in [-0.2, -0.15) is 0 Å². The van der Waals surface area contributed by atoms with E-state index in [-0.39, 0.29) is 18.2 Å². The van der Waals surface area contributed by atoms with Crippen molar-refractivity contribution in [2.24, 2.45) is 0 Å². The summed E-state index contributed by atoms with van der Waals surface area (Å²) < 4.78 is 0. The summed E-state index contributed by atoms with van der Waals surface area (Å²) in [5.74, 6) is -0.556. The van der Waals surface area contributed by atoms with E-state index >= 15 is 0 Å². The van der Waals surface area contributed by atoms with Gasteiger partial charge in [-0.15, -0.1) is 11.3 Å². The number of carbonyl (C=O) groups is 2. The number of benzene rings is 3. The van der Waals surface area contributed by atoms with E-state index in [4.69, 9.17) is 11.6 Å². The molecule has 7 heteroatoms. The fraction of sp³-hybridized carbons (Fsp3) is 0.0800. The van der Waals surface area contributed by atoms with E-state index in [0.29, 0.717) is 15.6 Å². The zero-order valence-corrected chi connectivity index (χ0v) is 18.6. The number of nitrogens with zero attached hydrogens (tertiary/aromatic N) is 1. The summed E-state index contributed by atoms with van der Waals surface area (Å²) in [5.41, 5.74) is 4.54. The van der Waals surface area contributed by atoms with Crippen molar-refractivity contribution < 1.29 is 9.59 Å². The topological polar surface area (TPSA) is 71.1 Å². The van der Waals surface area contributed by atoms with Gasteiger partial charge in [0.05, 0.1) is 28.6 Å². The Hall–Kier alpha value is -3.48. The zero-order chi connectivity index (χ0) is 22.3. The van der Waals surface area contributed by atoms with Crippen LogP contribution in [0, 0.1) is 0 Å². The zero-order valence-electron chi connectivity index (χ0n) is 17.0. The summed E-state index contributed by atoms with van der Waals surface area (Å²) in [7, 11) is 0. The number of anilines is 1. The van der Waals surface area contributed by atoms with Crippen molar-refractivity contribution in [1.29, 1.82) is 0 Å². The molecule has 1 heterocycles. The lowest BCUT2D eigenvalue weighted by molar-refractivity contribution is -0.116. The molecular weight excluding hydrogens is 442 g/mol. The molecule has 32 heavy (non-hydrogen) atoms. The highest BCUT2D eigenvalue weighted by atomic mass is 35.5. The SMILES string of the molecule is O=C(C[C@@H](NC(=O)c1ccccc1Cl)c1ccccc1)Nc1scnc1-c1ccccc1. The molecule has 0 aliphatic carbocycles. The van der Waals surface area contributed by atoms with Gasteiger partial charge in [0, 0.05) is 5.56 Å². The van der Waals surface area contributed by atoms with Crippen LogP contribution in [0.25, 0.3) is 11.3 Å². The van der Waals surface area contributed by atoms with E-state index in [1.54, 1.807) is 29.8 Å². The molecule has 0 aliphatic heterocycles. The van der Waals surface area contributed by atoms with E-state index in [0.717, 1.165) is 16.8 Å². The monoisotopic (exact) mass is 461 g/mol. The number of halogens is 1. The van der Waals surface area contributed by atoms with Gasteiger partial charge in [0.1, 0.15) is 10.7 Å². The lowest BCUT2D eigenvalue weighted by atomic mass is 10.0. The van der Waals surface area contributed by atoms with Crippen molar-refractivity contribution in [3.8, 4) is 11.3 Å². The molecule has 160 valence electrons. The highest BCUT2D eigenvalue weighted by molar-refractivity contribution is 7.14. The van der Waals surface area contributed by atoms with Crippen molar-refractivity contribution in [2.45, 2.75) is 12.5 Å². The number of hydrogen-bond donors (Lipinski definition) is 2. The standard InChI is InChI=1S/C25H20ClN3O2S/c26-20-14-8-7-13-19(20)24(31)28-21(17-9-3-1-4-10-17)15-22(30)29-25-23(27-16-32-25)18-11-5-2-6-12-18/h1-14,16,21H,15H2,(H,28,31)(H,29,30)/t21-/m1/s1. The Kier molecular flexibility index (Phi) is 6.94. The Labute approximate surface area is 195 Å². The first-order chi connectivity index (χ1) is 15.6. The van der Waals surface area contributed by atoms with Crippen LogP contribution >= 0.6 is 22.9 Å². The lowest BCUT2D eigenvalue weighted by Crippen LogP contribution is -2.31. The maximum atomic E-state index is 13.0. The van der Waals surface area contributed by atoms with Crippen LogP contribution in [0.4, 0.5) is 5.00 Å². The fourth-order valence-corrected chi connectivity index (χ4v) is 4.26. The number of amides is 2. The van der Waals surface area contributed by atoms with E-state index in [9.17, 15) is 9.59 Å². The molecule has 0 spiro atoms. The summed E-state index contributed by atoms with van der Waals surface area (Å²) in [4.78, 5) is 30.2. The van der Waals surface area contributed by atoms with Crippen molar-refractivity contribution in [3.05, 3.63) is 107 Å². The number of rotatable bonds is 7. The Morgan fingerprint density at radius 3 is 2.28 bits per heavy atom. The third kappa shape index (κ3) is 5.22. The number of carbonyl (C=O) groups excluding carboxylic acids is 2. The highest BCUT2D eigenvalue weighted by Crippen LogP contribution is 2.31. The largest absolute Gasteiger partial charge is 0.345 e. The number of aromatic nitrogens is 1. The minimum Gasteiger partial charge on any atom is -0.345 e. The summed E-state index contributed by atoms with van der Waals surface area (Å²) >= 11 is 7.54. The molecule has 0 bridgehead atoms. The number of thiazole rings is 1. The lowest BCUT2D eigenvalue weighted by Gasteiger charge is -2.19. The predicted molar refractivity (Wildman–Crippen MR) is 129 cm³/mol. The van der Waals surface area contributed by atoms with Crippen LogP contribution in [0.2, 0.25) is 5.02 Å². The average molecular weight is 462 g/mol. The Bertz CT molecular complexity index is 1210. The van der Waals surface area contributed by atoms with E-state index in [1.807, 2.05) is 60.7 Å². The molecule has 3 aromatic carbocycles. The third-order valence-electron chi connectivity index (χ3n) is 4.88. The summed E-state index contributed by atoms with van der Waals surface area (Å²) in [6.07, 6.45) is 0.0618.